The molecular formula is C25H39O6P. The third-order valence-corrected chi connectivity index (χ3v) is 6.96. The smallest absolute Gasteiger partial charge is 0.455 e. The van der Waals surface area contributed by atoms with Crippen LogP contribution in [0.15, 0.2) is 36.2 Å². The summed E-state index contributed by atoms with van der Waals surface area (Å²) in [5.74, 6) is 0.830. The first-order chi connectivity index (χ1) is 15.6. The normalized spacial score (nSPS) is 16.6. The van der Waals surface area contributed by atoms with Gasteiger partial charge in [-0.15, -0.1) is 0 Å². The summed E-state index contributed by atoms with van der Waals surface area (Å²) in [7, 11) is -3.42. The number of hydrogen-bond donors (Lipinski definition) is 0. The van der Waals surface area contributed by atoms with Crippen molar-refractivity contribution in [2.45, 2.75) is 110 Å². The van der Waals surface area contributed by atoms with Gasteiger partial charge in [-0.2, -0.15) is 4.57 Å². The summed E-state index contributed by atoms with van der Waals surface area (Å²) in [4.78, 5) is 0. The van der Waals surface area contributed by atoms with Gasteiger partial charge in [-0.05, 0) is 37.0 Å². The van der Waals surface area contributed by atoms with Crippen molar-refractivity contribution in [3.63, 3.8) is 0 Å². The summed E-state index contributed by atoms with van der Waals surface area (Å²) in [6.45, 7) is 4.45. The maximum absolute atomic E-state index is 11.7. The molecule has 0 radical (unpaired) electrons. The molecule has 3 aliphatic heterocycles. The van der Waals surface area contributed by atoms with Gasteiger partial charge in [0.05, 0.1) is 0 Å². The van der Waals surface area contributed by atoms with Crippen molar-refractivity contribution in [2.75, 3.05) is 0 Å². The molecule has 1 unspecified atom stereocenters. The van der Waals surface area contributed by atoms with E-state index in [0.29, 0.717) is 6.42 Å². The highest BCUT2D eigenvalue weighted by Crippen LogP contribution is 2.70. The van der Waals surface area contributed by atoms with Crippen molar-refractivity contribution < 1.29 is 27.6 Å². The highest BCUT2D eigenvalue weighted by molar-refractivity contribution is 7.50. The zero-order valence-corrected chi connectivity index (χ0v) is 20.6. The summed E-state index contributed by atoms with van der Waals surface area (Å²) >= 11 is 0. The molecule has 0 N–H and O–H groups in total. The third-order valence-electron chi connectivity index (χ3n) is 5.79. The molecule has 0 aliphatic carbocycles. The summed E-state index contributed by atoms with van der Waals surface area (Å²) in [5, 5.41) is 0. The van der Waals surface area contributed by atoms with E-state index >= 15 is 0 Å². The highest BCUT2D eigenvalue weighted by Gasteiger charge is 2.58. The van der Waals surface area contributed by atoms with Crippen LogP contribution < -0.4 is 4.74 Å². The minimum absolute atomic E-state index is 0.0300. The molecule has 0 amide bonds. The van der Waals surface area contributed by atoms with E-state index in [1.54, 1.807) is 0 Å². The number of phosphoric acid groups is 1. The molecule has 3 heterocycles. The lowest BCUT2D eigenvalue weighted by atomic mass is 10.0. The molecule has 1 aromatic rings. The molecule has 6 nitrogen and oxygen atoms in total. The molecule has 0 spiro atoms. The lowest BCUT2D eigenvalue weighted by molar-refractivity contribution is -0.0804. The van der Waals surface area contributed by atoms with E-state index in [0.717, 1.165) is 25.0 Å². The number of unbranched alkanes of at least 4 members (excludes halogenated alkanes) is 10. The first-order valence-electron chi connectivity index (χ1n) is 12.5. The summed E-state index contributed by atoms with van der Waals surface area (Å²) in [5.41, 5.74) is 1.33. The maximum atomic E-state index is 11.7. The van der Waals surface area contributed by atoms with Gasteiger partial charge in [-0.1, -0.05) is 90.2 Å². The molecular weight excluding hydrogens is 427 g/mol. The van der Waals surface area contributed by atoms with E-state index < -0.39 is 14.1 Å². The van der Waals surface area contributed by atoms with Crippen LogP contribution in [0.5, 0.6) is 5.75 Å². The first-order valence-corrected chi connectivity index (χ1v) is 13.9. The molecule has 1 aromatic carbocycles. The van der Waals surface area contributed by atoms with Gasteiger partial charge in [0, 0.05) is 6.42 Å². The Hall–Kier alpha value is -1.81. The Balaban J connectivity index is 1.43. The molecule has 1 saturated heterocycles. The number of phosphoric ester groups is 1. The second-order valence-corrected chi connectivity index (χ2v) is 10.1. The minimum Gasteiger partial charge on any atom is -0.455 e. The van der Waals surface area contributed by atoms with Gasteiger partial charge in [0.1, 0.15) is 5.75 Å². The van der Waals surface area contributed by atoms with Crippen molar-refractivity contribution >= 4 is 7.82 Å². The molecule has 1 atom stereocenters. The number of fused-ring (bicyclic) bond motifs is 1. The van der Waals surface area contributed by atoms with Crippen LogP contribution in [0.4, 0.5) is 0 Å². The van der Waals surface area contributed by atoms with Crippen LogP contribution >= 0.6 is 7.82 Å². The molecule has 7 heteroatoms. The van der Waals surface area contributed by atoms with E-state index in [-0.39, 0.29) is 11.9 Å². The standard InChI is InChI=1S/C25H39O6P/c1-3-5-7-9-10-12-13-15-21-17-19-22(20-18-21)27-23(16-14-11-8-6-4-2)28-24-25-30-32(26,29-24)31-25/h17-20,23H,3-16H2,1-2H3. The molecule has 180 valence electrons. The fraction of sp³-hybridized carbons (Fsp3) is 0.680. The fourth-order valence-corrected chi connectivity index (χ4v) is 4.84. The van der Waals surface area contributed by atoms with E-state index in [4.69, 9.17) is 23.0 Å². The van der Waals surface area contributed by atoms with Crippen LogP contribution in [0.25, 0.3) is 0 Å². The first kappa shape index (κ1) is 24.8. The predicted molar refractivity (Wildman–Crippen MR) is 125 cm³/mol. The zero-order chi connectivity index (χ0) is 22.7. The Morgan fingerprint density at radius 2 is 1.34 bits per heavy atom. The predicted octanol–water partition coefficient (Wildman–Crippen LogP) is 8.37. The van der Waals surface area contributed by atoms with Crippen LogP contribution in [-0.4, -0.2) is 6.29 Å². The van der Waals surface area contributed by atoms with Gasteiger partial charge >= 0.3 is 19.7 Å². The molecule has 3 aliphatic rings. The van der Waals surface area contributed by atoms with E-state index in [9.17, 15) is 4.57 Å². The van der Waals surface area contributed by atoms with Crippen molar-refractivity contribution in [3.05, 3.63) is 41.7 Å². The Labute approximate surface area is 193 Å². The average Bonchev–Trinajstić information content (AvgIpc) is 3.25. The Bertz CT molecular complexity index is 748. The van der Waals surface area contributed by atoms with Crippen LogP contribution in [0.2, 0.25) is 0 Å². The molecule has 4 rings (SSSR count). The average molecular weight is 467 g/mol. The summed E-state index contributed by atoms with van der Waals surface area (Å²) < 4.78 is 38.7. The van der Waals surface area contributed by atoms with Crippen LogP contribution in [0, 0.1) is 0 Å². The quantitative estimate of drug-likeness (QED) is 0.123. The number of ether oxygens (including phenoxy) is 2. The number of hydrogen-bond acceptors (Lipinski definition) is 6. The van der Waals surface area contributed by atoms with E-state index in [2.05, 4.69) is 26.0 Å². The lowest BCUT2D eigenvalue weighted by Gasteiger charge is -2.19. The minimum atomic E-state index is -3.42. The lowest BCUT2D eigenvalue weighted by Crippen LogP contribution is -2.20. The topological polar surface area (TPSA) is 63.2 Å². The Morgan fingerprint density at radius 1 is 0.750 bits per heavy atom. The summed E-state index contributed by atoms with van der Waals surface area (Å²) in [6, 6.07) is 8.23. The van der Waals surface area contributed by atoms with Gasteiger partial charge in [0.15, 0.2) is 0 Å². The fourth-order valence-electron chi connectivity index (χ4n) is 3.88. The largest absolute Gasteiger partial charge is 0.654 e. The van der Waals surface area contributed by atoms with E-state index in [1.807, 2.05) is 12.1 Å². The number of benzene rings is 1. The van der Waals surface area contributed by atoms with Crippen LogP contribution in [-0.2, 0) is 29.3 Å². The molecule has 2 bridgehead atoms. The van der Waals surface area contributed by atoms with Gasteiger partial charge in [0.2, 0.25) is 6.29 Å². The van der Waals surface area contributed by atoms with Crippen LogP contribution in [0.1, 0.15) is 103 Å². The van der Waals surface area contributed by atoms with Gasteiger partial charge < -0.3 is 23.0 Å². The molecule has 0 aromatic heterocycles. The third kappa shape index (κ3) is 7.95. The van der Waals surface area contributed by atoms with Gasteiger partial charge in [0.25, 0.3) is 0 Å². The zero-order valence-electron chi connectivity index (χ0n) is 19.7. The van der Waals surface area contributed by atoms with Crippen molar-refractivity contribution in [1.29, 1.82) is 0 Å². The van der Waals surface area contributed by atoms with E-state index in [1.165, 1.54) is 69.8 Å². The number of rotatable bonds is 18. The monoisotopic (exact) mass is 466 g/mol. The molecule has 1 fully saturated rings. The molecule has 0 saturated carbocycles. The second-order valence-electron chi connectivity index (χ2n) is 8.68. The van der Waals surface area contributed by atoms with Gasteiger partial charge in [-0.25, -0.2) is 0 Å². The maximum Gasteiger partial charge on any atom is 0.654 e. The molecule has 32 heavy (non-hydrogen) atoms. The van der Waals surface area contributed by atoms with Crippen molar-refractivity contribution in [3.8, 4) is 5.75 Å². The van der Waals surface area contributed by atoms with Crippen molar-refractivity contribution in [2.24, 2.45) is 0 Å². The Morgan fingerprint density at radius 3 is 1.94 bits per heavy atom. The Kier molecular flexibility index (Phi) is 10.1. The second kappa shape index (κ2) is 13.0. The van der Waals surface area contributed by atoms with Crippen LogP contribution in [0.3, 0.4) is 0 Å². The number of aryl methyl sites for hydroxylation is 1. The SMILES string of the molecule is CCCCCCCCCc1ccc(OC(CCCCCCC)OC2=C3OP(=O)(O2)O3)cc1. The highest BCUT2D eigenvalue weighted by atomic mass is 31.2. The van der Waals surface area contributed by atoms with Crippen molar-refractivity contribution in [1.82, 2.24) is 0 Å². The summed E-state index contributed by atoms with van der Waals surface area (Å²) in [6.07, 6.45) is 16.2. The van der Waals surface area contributed by atoms with Gasteiger partial charge in [-0.3, -0.25) is 0 Å².